The van der Waals surface area contributed by atoms with E-state index in [1.807, 2.05) is 0 Å². The van der Waals surface area contributed by atoms with Gasteiger partial charge in [0, 0.05) is 31.2 Å². The Labute approximate surface area is 140 Å². The SMILES string of the molecule is CC(C)(CN1C[C@H](NC(=O)CO)[C@@H](C2CC2)C1)N1CCCCC1. The first-order valence-electron chi connectivity index (χ1n) is 9.37. The van der Waals surface area contributed by atoms with Crippen molar-refractivity contribution in [2.75, 3.05) is 39.3 Å². The molecule has 1 saturated carbocycles. The second-order valence-corrected chi connectivity index (χ2v) is 8.39. The van der Waals surface area contributed by atoms with Crippen LogP contribution in [-0.4, -0.2) is 71.7 Å². The van der Waals surface area contributed by atoms with E-state index in [1.54, 1.807) is 0 Å². The van der Waals surface area contributed by atoms with Crippen LogP contribution in [0.4, 0.5) is 0 Å². The third-order valence-electron chi connectivity index (χ3n) is 5.98. The summed E-state index contributed by atoms with van der Waals surface area (Å²) in [6.45, 7) is 9.88. The van der Waals surface area contributed by atoms with Gasteiger partial charge < -0.3 is 10.4 Å². The maximum atomic E-state index is 11.6. The van der Waals surface area contributed by atoms with Crippen LogP contribution in [0.25, 0.3) is 0 Å². The van der Waals surface area contributed by atoms with E-state index in [0.717, 1.165) is 25.6 Å². The number of carbonyl (C=O) groups is 1. The summed E-state index contributed by atoms with van der Waals surface area (Å²) in [4.78, 5) is 16.8. The molecular weight excluding hydrogens is 290 g/mol. The van der Waals surface area contributed by atoms with Crippen LogP contribution in [0.15, 0.2) is 0 Å². The van der Waals surface area contributed by atoms with Gasteiger partial charge >= 0.3 is 0 Å². The highest BCUT2D eigenvalue weighted by Gasteiger charge is 2.44. The van der Waals surface area contributed by atoms with E-state index in [9.17, 15) is 4.79 Å². The highest BCUT2D eigenvalue weighted by atomic mass is 16.3. The van der Waals surface area contributed by atoms with Crippen molar-refractivity contribution in [3.8, 4) is 0 Å². The maximum Gasteiger partial charge on any atom is 0.245 e. The van der Waals surface area contributed by atoms with Gasteiger partial charge in [0.05, 0.1) is 0 Å². The van der Waals surface area contributed by atoms with Gasteiger partial charge in [0.15, 0.2) is 0 Å². The Balaban J connectivity index is 1.58. The fourth-order valence-electron chi connectivity index (χ4n) is 4.60. The number of likely N-dealkylation sites (tertiary alicyclic amines) is 2. The molecule has 0 spiro atoms. The molecule has 2 aliphatic heterocycles. The summed E-state index contributed by atoms with van der Waals surface area (Å²) in [5.74, 6) is 1.13. The number of piperidine rings is 1. The van der Waals surface area contributed by atoms with E-state index in [2.05, 4.69) is 29.0 Å². The molecule has 5 nitrogen and oxygen atoms in total. The minimum absolute atomic E-state index is 0.199. The number of rotatable bonds is 6. The van der Waals surface area contributed by atoms with Crippen LogP contribution in [0.1, 0.15) is 46.0 Å². The van der Waals surface area contributed by atoms with Gasteiger partial charge in [0.25, 0.3) is 0 Å². The molecule has 1 amide bonds. The van der Waals surface area contributed by atoms with E-state index in [4.69, 9.17) is 5.11 Å². The summed E-state index contributed by atoms with van der Waals surface area (Å²) in [7, 11) is 0. The van der Waals surface area contributed by atoms with Crippen LogP contribution in [0.2, 0.25) is 0 Å². The molecule has 0 bridgehead atoms. The van der Waals surface area contributed by atoms with Gasteiger partial charge in [-0.1, -0.05) is 6.42 Å². The third-order valence-corrected chi connectivity index (χ3v) is 5.98. The molecule has 2 saturated heterocycles. The zero-order chi connectivity index (χ0) is 16.4. The van der Waals surface area contributed by atoms with Crippen LogP contribution >= 0.6 is 0 Å². The van der Waals surface area contributed by atoms with Gasteiger partial charge in [-0.3, -0.25) is 14.6 Å². The number of hydrogen-bond acceptors (Lipinski definition) is 4. The molecule has 0 unspecified atom stereocenters. The molecule has 3 aliphatic rings. The first-order valence-corrected chi connectivity index (χ1v) is 9.37. The number of nitrogens with one attached hydrogen (secondary N) is 1. The Bertz CT molecular complexity index is 416. The summed E-state index contributed by atoms with van der Waals surface area (Å²) in [5.41, 5.74) is 0.199. The van der Waals surface area contributed by atoms with E-state index >= 15 is 0 Å². The highest BCUT2D eigenvalue weighted by Crippen LogP contribution is 2.41. The molecule has 0 radical (unpaired) electrons. The average molecular weight is 323 g/mol. The smallest absolute Gasteiger partial charge is 0.245 e. The molecule has 0 aromatic carbocycles. The molecule has 5 heteroatoms. The third kappa shape index (κ3) is 4.25. The summed E-state index contributed by atoms with van der Waals surface area (Å²) >= 11 is 0. The van der Waals surface area contributed by atoms with E-state index in [1.165, 1.54) is 45.2 Å². The van der Waals surface area contributed by atoms with Gasteiger partial charge in [-0.2, -0.15) is 0 Å². The van der Waals surface area contributed by atoms with Crippen LogP contribution in [0, 0.1) is 11.8 Å². The molecule has 23 heavy (non-hydrogen) atoms. The molecule has 0 aromatic rings. The molecule has 132 valence electrons. The summed E-state index contributed by atoms with van der Waals surface area (Å²) in [6.07, 6.45) is 6.63. The molecule has 3 fully saturated rings. The topological polar surface area (TPSA) is 55.8 Å². The lowest BCUT2D eigenvalue weighted by atomic mass is 9.97. The largest absolute Gasteiger partial charge is 0.387 e. The number of aliphatic hydroxyl groups is 1. The fourth-order valence-corrected chi connectivity index (χ4v) is 4.60. The molecule has 3 rings (SSSR count). The van der Waals surface area contributed by atoms with Crippen molar-refractivity contribution < 1.29 is 9.90 Å². The van der Waals surface area contributed by atoms with Crippen molar-refractivity contribution in [3.05, 3.63) is 0 Å². The zero-order valence-electron chi connectivity index (χ0n) is 14.8. The van der Waals surface area contributed by atoms with E-state index < -0.39 is 6.61 Å². The van der Waals surface area contributed by atoms with Crippen LogP contribution < -0.4 is 5.32 Å². The van der Waals surface area contributed by atoms with Gasteiger partial charge in [-0.25, -0.2) is 0 Å². The Morgan fingerprint density at radius 1 is 1.17 bits per heavy atom. The van der Waals surface area contributed by atoms with Gasteiger partial charge in [0.2, 0.25) is 5.91 Å². The lowest BCUT2D eigenvalue weighted by molar-refractivity contribution is -0.124. The normalized spacial score (nSPS) is 30.6. The number of nitrogens with zero attached hydrogens (tertiary/aromatic N) is 2. The van der Waals surface area contributed by atoms with Crippen molar-refractivity contribution in [2.24, 2.45) is 11.8 Å². The Morgan fingerprint density at radius 3 is 2.48 bits per heavy atom. The summed E-state index contributed by atoms with van der Waals surface area (Å²) in [6, 6.07) is 0.222. The Hall–Kier alpha value is -0.650. The monoisotopic (exact) mass is 323 g/mol. The number of aliphatic hydroxyl groups excluding tert-OH is 1. The minimum atomic E-state index is -0.396. The second kappa shape index (κ2) is 7.08. The molecule has 2 N–H and O–H groups in total. The predicted octanol–water partition coefficient (Wildman–Crippen LogP) is 1.07. The van der Waals surface area contributed by atoms with Crippen LogP contribution in [0.3, 0.4) is 0 Å². The van der Waals surface area contributed by atoms with Crippen molar-refractivity contribution >= 4 is 5.91 Å². The summed E-state index contributed by atoms with van der Waals surface area (Å²) < 4.78 is 0. The zero-order valence-corrected chi connectivity index (χ0v) is 14.8. The molecule has 1 aliphatic carbocycles. The molecular formula is C18H33N3O2. The van der Waals surface area contributed by atoms with Gasteiger partial charge in [-0.15, -0.1) is 0 Å². The van der Waals surface area contributed by atoms with Crippen LogP contribution in [0.5, 0.6) is 0 Å². The van der Waals surface area contributed by atoms with Crippen LogP contribution in [-0.2, 0) is 4.79 Å². The van der Waals surface area contributed by atoms with Gasteiger partial charge in [-0.05, 0) is 64.5 Å². The molecule has 0 aromatic heterocycles. The highest BCUT2D eigenvalue weighted by molar-refractivity contribution is 5.77. The van der Waals surface area contributed by atoms with Crippen molar-refractivity contribution in [3.63, 3.8) is 0 Å². The van der Waals surface area contributed by atoms with Crippen molar-refractivity contribution in [1.29, 1.82) is 0 Å². The standard InChI is InChI=1S/C18H33N3O2/c1-18(2,21-8-4-3-5-9-21)13-20-10-15(14-6-7-14)16(11-20)19-17(23)12-22/h14-16,22H,3-13H2,1-2H3,(H,19,23)/t15-,16+/m1/s1. The lowest BCUT2D eigenvalue weighted by Crippen LogP contribution is -2.53. The molecule has 2 heterocycles. The van der Waals surface area contributed by atoms with E-state index in [-0.39, 0.29) is 17.5 Å². The quantitative estimate of drug-likeness (QED) is 0.768. The van der Waals surface area contributed by atoms with E-state index in [0.29, 0.717) is 5.92 Å². The van der Waals surface area contributed by atoms with Crippen molar-refractivity contribution in [1.82, 2.24) is 15.1 Å². The number of carbonyl (C=O) groups excluding carboxylic acids is 1. The second-order valence-electron chi connectivity index (χ2n) is 8.39. The van der Waals surface area contributed by atoms with Crippen molar-refractivity contribution in [2.45, 2.75) is 57.5 Å². The Morgan fingerprint density at radius 2 is 1.87 bits per heavy atom. The minimum Gasteiger partial charge on any atom is -0.387 e. The lowest BCUT2D eigenvalue weighted by Gasteiger charge is -2.43. The van der Waals surface area contributed by atoms with Gasteiger partial charge in [0.1, 0.15) is 6.61 Å². The summed E-state index contributed by atoms with van der Waals surface area (Å²) in [5, 5.41) is 12.1. The maximum absolute atomic E-state index is 11.6. The first kappa shape index (κ1) is 17.2. The number of amides is 1. The number of hydrogen-bond donors (Lipinski definition) is 2. The predicted molar refractivity (Wildman–Crippen MR) is 91.2 cm³/mol. The fraction of sp³-hybridized carbons (Fsp3) is 0.944. The first-order chi connectivity index (χ1) is 11.0. The Kier molecular flexibility index (Phi) is 5.29. The molecule has 2 atom stereocenters. The average Bonchev–Trinajstić information content (AvgIpc) is 3.31.